The minimum Gasteiger partial charge on any atom is -0.321 e. The van der Waals surface area contributed by atoms with Crippen LogP contribution in [-0.4, -0.2) is 35.1 Å². The molecule has 0 aliphatic heterocycles. The number of hydrogen-bond donors (Lipinski definition) is 1. The van der Waals surface area contributed by atoms with E-state index in [0.29, 0.717) is 24.5 Å². The van der Waals surface area contributed by atoms with Crippen molar-refractivity contribution in [1.29, 1.82) is 0 Å². The van der Waals surface area contributed by atoms with Crippen LogP contribution in [0, 0.1) is 13.8 Å². The summed E-state index contributed by atoms with van der Waals surface area (Å²) in [7, 11) is 0. The summed E-state index contributed by atoms with van der Waals surface area (Å²) in [6, 6.07) is 20.0. The van der Waals surface area contributed by atoms with E-state index in [1.54, 1.807) is 6.20 Å². The van der Waals surface area contributed by atoms with E-state index < -0.39 is 6.04 Å². The summed E-state index contributed by atoms with van der Waals surface area (Å²) in [6.45, 7) is 11.6. The Bertz CT molecular complexity index is 1580. The SMILES string of the molecule is CCC(C)(C)n1nnnc1[C@H](c1cc2cc(C)cc(C)c2[nH]c1=O)N(Cc1ccccc1)Cc1cccnc1. The molecule has 8 nitrogen and oxygen atoms in total. The highest BCUT2D eigenvalue weighted by Crippen LogP contribution is 2.33. The molecule has 2 aromatic carbocycles. The van der Waals surface area contributed by atoms with Gasteiger partial charge in [0.1, 0.15) is 6.04 Å². The molecule has 200 valence electrons. The predicted octanol–water partition coefficient (Wildman–Crippen LogP) is 5.46. The number of hydrogen-bond acceptors (Lipinski definition) is 6. The first-order valence-electron chi connectivity index (χ1n) is 13.4. The second-order valence-corrected chi connectivity index (χ2v) is 10.9. The molecule has 0 fully saturated rings. The molecule has 5 rings (SSSR count). The lowest BCUT2D eigenvalue weighted by atomic mass is 9.97. The van der Waals surface area contributed by atoms with Crippen LogP contribution in [0.4, 0.5) is 0 Å². The lowest BCUT2D eigenvalue weighted by Gasteiger charge is -2.33. The zero-order chi connectivity index (χ0) is 27.6. The van der Waals surface area contributed by atoms with Gasteiger partial charge in [0, 0.05) is 31.0 Å². The van der Waals surface area contributed by atoms with Crippen molar-refractivity contribution < 1.29 is 0 Å². The van der Waals surface area contributed by atoms with Gasteiger partial charge >= 0.3 is 0 Å². The molecule has 0 amide bonds. The number of nitrogens with one attached hydrogen (secondary N) is 1. The molecule has 0 unspecified atom stereocenters. The lowest BCUT2D eigenvalue weighted by molar-refractivity contribution is 0.180. The quantitative estimate of drug-likeness (QED) is 0.277. The van der Waals surface area contributed by atoms with Crippen molar-refractivity contribution in [3.05, 3.63) is 117 Å². The third-order valence-corrected chi connectivity index (χ3v) is 7.50. The lowest BCUT2D eigenvalue weighted by Crippen LogP contribution is -2.38. The molecule has 0 saturated carbocycles. The van der Waals surface area contributed by atoms with Crippen LogP contribution in [0.15, 0.2) is 77.9 Å². The van der Waals surface area contributed by atoms with Gasteiger partial charge in [-0.1, -0.05) is 55.0 Å². The molecule has 8 heteroatoms. The third-order valence-electron chi connectivity index (χ3n) is 7.50. The number of nitrogens with zero attached hydrogens (tertiary/aromatic N) is 6. The van der Waals surface area contributed by atoms with Gasteiger partial charge in [0.05, 0.1) is 11.1 Å². The van der Waals surface area contributed by atoms with Gasteiger partial charge in [-0.05, 0) is 84.8 Å². The Morgan fingerprint density at radius 3 is 2.46 bits per heavy atom. The normalized spacial score (nSPS) is 12.8. The molecule has 39 heavy (non-hydrogen) atoms. The minimum atomic E-state index is -0.514. The summed E-state index contributed by atoms with van der Waals surface area (Å²) in [6.07, 6.45) is 4.46. The van der Waals surface area contributed by atoms with Crippen molar-refractivity contribution in [3.63, 3.8) is 0 Å². The fourth-order valence-corrected chi connectivity index (χ4v) is 5.13. The van der Waals surface area contributed by atoms with E-state index in [1.807, 2.05) is 48.1 Å². The van der Waals surface area contributed by atoms with Crippen molar-refractivity contribution in [2.24, 2.45) is 0 Å². The molecule has 1 N–H and O–H groups in total. The van der Waals surface area contributed by atoms with Crippen LogP contribution in [0.25, 0.3) is 10.9 Å². The molecule has 0 aliphatic carbocycles. The summed E-state index contributed by atoms with van der Waals surface area (Å²) in [5.41, 5.74) is 5.31. The van der Waals surface area contributed by atoms with Gasteiger partial charge in [-0.3, -0.25) is 14.7 Å². The van der Waals surface area contributed by atoms with Gasteiger partial charge in [0.25, 0.3) is 5.56 Å². The number of aryl methyl sites for hydroxylation is 2. The summed E-state index contributed by atoms with van der Waals surface area (Å²) >= 11 is 0. The van der Waals surface area contributed by atoms with Crippen molar-refractivity contribution in [2.75, 3.05) is 0 Å². The number of rotatable bonds is 9. The van der Waals surface area contributed by atoms with Gasteiger partial charge in [0.2, 0.25) is 0 Å². The number of aromatic nitrogens is 6. The molecular weight excluding hydrogens is 486 g/mol. The second-order valence-electron chi connectivity index (χ2n) is 10.9. The maximum atomic E-state index is 13.9. The van der Waals surface area contributed by atoms with Gasteiger partial charge < -0.3 is 4.98 Å². The highest BCUT2D eigenvalue weighted by atomic mass is 16.1. The van der Waals surface area contributed by atoms with Crippen LogP contribution < -0.4 is 5.56 Å². The molecule has 0 aliphatic rings. The first-order valence-corrected chi connectivity index (χ1v) is 13.4. The first kappa shape index (κ1) is 26.4. The second kappa shape index (κ2) is 10.9. The van der Waals surface area contributed by atoms with E-state index in [0.717, 1.165) is 39.6 Å². The molecule has 1 atom stereocenters. The van der Waals surface area contributed by atoms with Crippen LogP contribution in [0.1, 0.15) is 66.9 Å². The maximum Gasteiger partial charge on any atom is 0.253 e. The molecular formula is C31H35N7O. The fraction of sp³-hybridized carbons (Fsp3) is 0.323. The molecule has 0 saturated heterocycles. The van der Waals surface area contributed by atoms with Crippen molar-refractivity contribution in [3.8, 4) is 0 Å². The van der Waals surface area contributed by atoms with E-state index in [9.17, 15) is 4.79 Å². The van der Waals surface area contributed by atoms with Gasteiger partial charge in [-0.15, -0.1) is 5.10 Å². The van der Waals surface area contributed by atoms with E-state index >= 15 is 0 Å². The number of pyridine rings is 2. The number of fused-ring (bicyclic) bond motifs is 1. The zero-order valence-corrected chi connectivity index (χ0v) is 23.2. The van der Waals surface area contributed by atoms with Crippen molar-refractivity contribution in [2.45, 2.75) is 65.7 Å². The molecule has 3 heterocycles. The Hall–Kier alpha value is -4.17. The monoisotopic (exact) mass is 521 g/mol. The number of benzene rings is 2. The predicted molar refractivity (Wildman–Crippen MR) is 153 cm³/mol. The van der Waals surface area contributed by atoms with Crippen LogP contribution in [0.3, 0.4) is 0 Å². The number of H-pyrrole nitrogens is 1. The van der Waals surface area contributed by atoms with Gasteiger partial charge in [0.15, 0.2) is 5.82 Å². The molecule has 0 radical (unpaired) electrons. The van der Waals surface area contributed by atoms with E-state index in [-0.39, 0.29) is 11.1 Å². The van der Waals surface area contributed by atoms with E-state index in [1.165, 1.54) is 0 Å². The minimum absolute atomic E-state index is 0.146. The first-order chi connectivity index (χ1) is 18.8. The zero-order valence-electron chi connectivity index (χ0n) is 23.2. The largest absolute Gasteiger partial charge is 0.321 e. The average molecular weight is 522 g/mol. The summed E-state index contributed by atoms with van der Waals surface area (Å²) in [5.74, 6) is 0.635. The van der Waals surface area contributed by atoms with Crippen LogP contribution in [0.2, 0.25) is 0 Å². The standard InChI is InChI=1S/C31H35N7O/c1-6-31(4,5)38-29(34-35-36-38)28(26-17-25-16-21(2)15-22(3)27(25)33-30(26)39)37(19-23-11-8-7-9-12-23)20-24-13-10-14-32-18-24/h7-18,28H,6,19-20H2,1-5H3,(H,33,39)/t28-/m0/s1. The van der Waals surface area contributed by atoms with E-state index in [2.05, 4.69) is 88.4 Å². The molecule has 5 aromatic rings. The van der Waals surface area contributed by atoms with Crippen LogP contribution >= 0.6 is 0 Å². The van der Waals surface area contributed by atoms with Gasteiger partial charge in [-0.25, -0.2) is 4.68 Å². The Morgan fingerprint density at radius 1 is 1.00 bits per heavy atom. The third kappa shape index (κ3) is 5.52. The highest BCUT2D eigenvalue weighted by Gasteiger charge is 2.34. The highest BCUT2D eigenvalue weighted by molar-refractivity contribution is 5.83. The average Bonchev–Trinajstić information content (AvgIpc) is 3.41. The smallest absolute Gasteiger partial charge is 0.253 e. The summed E-state index contributed by atoms with van der Waals surface area (Å²) in [4.78, 5) is 23.7. The van der Waals surface area contributed by atoms with Crippen molar-refractivity contribution in [1.82, 2.24) is 35.1 Å². The topological polar surface area (TPSA) is 92.6 Å². The summed E-state index contributed by atoms with van der Waals surface area (Å²) in [5, 5.41) is 14.1. The van der Waals surface area contributed by atoms with E-state index in [4.69, 9.17) is 0 Å². The van der Waals surface area contributed by atoms with Crippen molar-refractivity contribution >= 4 is 10.9 Å². The maximum absolute atomic E-state index is 13.9. The Morgan fingerprint density at radius 2 is 1.74 bits per heavy atom. The number of aromatic amines is 1. The Balaban J connectivity index is 1.76. The molecule has 0 spiro atoms. The Labute approximate surface area is 228 Å². The molecule has 3 aromatic heterocycles. The Kier molecular flexibility index (Phi) is 7.39. The van der Waals surface area contributed by atoms with Crippen LogP contribution in [-0.2, 0) is 18.6 Å². The molecule has 0 bridgehead atoms. The number of tetrazole rings is 1. The van der Waals surface area contributed by atoms with Crippen LogP contribution in [0.5, 0.6) is 0 Å². The van der Waals surface area contributed by atoms with Gasteiger partial charge in [-0.2, -0.15) is 0 Å². The fourth-order valence-electron chi connectivity index (χ4n) is 5.13. The summed E-state index contributed by atoms with van der Waals surface area (Å²) < 4.78 is 1.88.